The molecule has 134 valence electrons. The fourth-order valence-corrected chi connectivity index (χ4v) is 3.73. The van der Waals surface area contributed by atoms with Crippen molar-refractivity contribution in [1.29, 1.82) is 0 Å². The summed E-state index contributed by atoms with van der Waals surface area (Å²) in [6, 6.07) is 19.2. The van der Waals surface area contributed by atoms with E-state index in [1.54, 1.807) is 0 Å². The summed E-state index contributed by atoms with van der Waals surface area (Å²) in [6.45, 7) is 3.03. The first kappa shape index (κ1) is 17.0. The van der Waals surface area contributed by atoms with Crippen LogP contribution >= 0.6 is 0 Å². The van der Waals surface area contributed by atoms with Crippen LogP contribution in [-0.2, 0) is 11.3 Å². The molecule has 1 aliphatic rings. The molecule has 0 radical (unpaired) electrons. The fraction of sp³-hybridized carbons (Fsp3) is 0.318. The highest BCUT2D eigenvalue weighted by Crippen LogP contribution is 2.27. The van der Waals surface area contributed by atoms with Crippen LogP contribution in [0.5, 0.6) is 0 Å². The Morgan fingerprint density at radius 2 is 1.77 bits per heavy atom. The summed E-state index contributed by atoms with van der Waals surface area (Å²) in [4.78, 5) is 2.46. The lowest BCUT2D eigenvalue weighted by atomic mass is 10.0. The molecule has 0 saturated carbocycles. The summed E-state index contributed by atoms with van der Waals surface area (Å²) in [5, 5.41) is 7.49. The van der Waals surface area contributed by atoms with Gasteiger partial charge in [-0.15, -0.1) is 0 Å². The quantitative estimate of drug-likeness (QED) is 0.746. The van der Waals surface area contributed by atoms with Crippen molar-refractivity contribution in [2.45, 2.75) is 25.5 Å². The maximum absolute atomic E-state index is 5.55. The van der Waals surface area contributed by atoms with Gasteiger partial charge in [0.1, 0.15) is 0 Å². The molecule has 26 heavy (non-hydrogen) atoms. The molecule has 1 unspecified atom stereocenters. The van der Waals surface area contributed by atoms with Crippen molar-refractivity contribution in [3.63, 3.8) is 0 Å². The molecular formula is C22H25N3O. The number of hydrogen-bond donors (Lipinski definition) is 1. The number of nitrogens with one attached hydrogen (secondary N) is 1. The first-order chi connectivity index (χ1) is 12.8. The number of rotatable bonds is 5. The second kappa shape index (κ2) is 7.85. The molecule has 1 atom stereocenters. The third kappa shape index (κ3) is 3.71. The number of ether oxygens (including phenoxy) is 1. The number of likely N-dealkylation sites (tertiary alicyclic amines) is 1. The minimum Gasteiger partial charge on any atom is -0.380 e. The number of methoxy groups -OCH3 is 1. The monoisotopic (exact) mass is 347 g/mol. The molecule has 4 rings (SSSR count). The minimum atomic E-state index is 0.351. The molecule has 3 aromatic rings. The molecule has 4 heteroatoms. The van der Waals surface area contributed by atoms with E-state index in [0.29, 0.717) is 6.10 Å². The molecule has 1 saturated heterocycles. The second-order valence-corrected chi connectivity index (χ2v) is 6.95. The van der Waals surface area contributed by atoms with E-state index in [1.807, 2.05) is 19.4 Å². The highest BCUT2D eigenvalue weighted by Gasteiger charge is 2.21. The number of aromatic nitrogens is 2. The summed E-state index contributed by atoms with van der Waals surface area (Å²) in [5.74, 6) is 0. The number of hydrogen-bond acceptors (Lipinski definition) is 3. The van der Waals surface area contributed by atoms with Gasteiger partial charge >= 0.3 is 0 Å². The largest absolute Gasteiger partial charge is 0.380 e. The van der Waals surface area contributed by atoms with Gasteiger partial charge in [-0.2, -0.15) is 5.10 Å². The lowest BCUT2D eigenvalue weighted by Crippen LogP contribution is -2.38. The van der Waals surface area contributed by atoms with Gasteiger partial charge in [0.15, 0.2) is 0 Å². The second-order valence-electron chi connectivity index (χ2n) is 6.95. The molecule has 2 heterocycles. The molecule has 1 aromatic heterocycles. The van der Waals surface area contributed by atoms with Crippen LogP contribution in [0.3, 0.4) is 0 Å². The molecule has 0 bridgehead atoms. The van der Waals surface area contributed by atoms with Crippen LogP contribution in [0, 0.1) is 0 Å². The number of nitrogens with zero attached hydrogens (tertiary/aromatic N) is 2. The Kier molecular flexibility index (Phi) is 5.14. The van der Waals surface area contributed by atoms with Crippen molar-refractivity contribution in [1.82, 2.24) is 15.1 Å². The van der Waals surface area contributed by atoms with Crippen molar-refractivity contribution in [3.8, 4) is 22.4 Å². The van der Waals surface area contributed by atoms with E-state index in [1.165, 1.54) is 28.7 Å². The van der Waals surface area contributed by atoms with Gasteiger partial charge in [-0.05, 0) is 36.1 Å². The third-order valence-corrected chi connectivity index (χ3v) is 5.19. The Bertz CT molecular complexity index is 826. The summed E-state index contributed by atoms with van der Waals surface area (Å²) in [6.07, 6.45) is 4.66. The summed E-state index contributed by atoms with van der Waals surface area (Å²) >= 11 is 0. The van der Waals surface area contributed by atoms with Gasteiger partial charge in [0.05, 0.1) is 18.0 Å². The third-order valence-electron chi connectivity index (χ3n) is 5.19. The summed E-state index contributed by atoms with van der Waals surface area (Å²) in [5.41, 5.74) is 6.01. The van der Waals surface area contributed by atoms with E-state index in [4.69, 9.17) is 4.74 Å². The average molecular weight is 347 g/mol. The molecule has 4 nitrogen and oxygen atoms in total. The standard InChI is InChI=1S/C22H25N3O/c1-26-21-8-5-13-25(16-21)15-20-14-23-24-22(20)19-11-9-18(10-12-19)17-6-3-2-4-7-17/h2-4,6-7,9-12,14,21H,5,8,13,15-16H2,1H3,(H,23,24). The fourth-order valence-electron chi connectivity index (χ4n) is 3.73. The van der Waals surface area contributed by atoms with Crippen molar-refractivity contribution >= 4 is 0 Å². The molecule has 1 aliphatic heterocycles. The average Bonchev–Trinajstić information content (AvgIpc) is 3.17. The van der Waals surface area contributed by atoms with E-state index in [0.717, 1.165) is 31.7 Å². The molecular weight excluding hydrogens is 322 g/mol. The molecule has 0 spiro atoms. The van der Waals surface area contributed by atoms with E-state index in [-0.39, 0.29) is 0 Å². The van der Waals surface area contributed by atoms with Crippen LogP contribution in [0.1, 0.15) is 18.4 Å². The SMILES string of the molecule is COC1CCCN(Cc2cn[nH]c2-c2ccc(-c3ccccc3)cc2)C1. The molecule has 1 N–H and O–H groups in total. The highest BCUT2D eigenvalue weighted by molar-refractivity contribution is 5.69. The lowest BCUT2D eigenvalue weighted by molar-refractivity contribution is 0.0286. The van der Waals surface area contributed by atoms with E-state index >= 15 is 0 Å². The van der Waals surface area contributed by atoms with Gasteiger partial charge in [0.25, 0.3) is 0 Å². The zero-order valence-electron chi connectivity index (χ0n) is 15.2. The van der Waals surface area contributed by atoms with Crippen molar-refractivity contribution in [2.24, 2.45) is 0 Å². The Morgan fingerprint density at radius 3 is 2.54 bits per heavy atom. The zero-order chi connectivity index (χ0) is 17.8. The number of piperidine rings is 1. The number of benzene rings is 2. The van der Waals surface area contributed by atoms with Crippen LogP contribution < -0.4 is 0 Å². The molecule has 2 aromatic carbocycles. The molecule has 0 amide bonds. The lowest BCUT2D eigenvalue weighted by Gasteiger charge is -2.31. The first-order valence-corrected chi connectivity index (χ1v) is 9.27. The minimum absolute atomic E-state index is 0.351. The Morgan fingerprint density at radius 1 is 1.04 bits per heavy atom. The smallest absolute Gasteiger partial charge is 0.0698 e. The van der Waals surface area contributed by atoms with Crippen molar-refractivity contribution in [3.05, 3.63) is 66.4 Å². The molecule has 0 aliphatic carbocycles. The predicted molar refractivity (Wildman–Crippen MR) is 105 cm³/mol. The van der Waals surface area contributed by atoms with Crippen LogP contribution in [0.25, 0.3) is 22.4 Å². The Hall–Kier alpha value is -2.43. The highest BCUT2D eigenvalue weighted by atomic mass is 16.5. The summed E-state index contributed by atoms with van der Waals surface area (Å²) < 4.78 is 5.55. The zero-order valence-corrected chi connectivity index (χ0v) is 15.2. The van der Waals surface area contributed by atoms with Crippen LogP contribution in [0.15, 0.2) is 60.8 Å². The summed E-state index contributed by atoms with van der Waals surface area (Å²) in [7, 11) is 1.81. The van der Waals surface area contributed by atoms with Crippen LogP contribution in [-0.4, -0.2) is 41.4 Å². The number of aromatic amines is 1. The maximum Gasteiger partial charge on any atom is 0.0698 e. The van der Waals surface area contributed by atoms with Gasteiger partial charge < -0.3 is 4.74 Å². The predicted octanol–water partition coefficient (Wildman–Crippen LogP) is 4.35. The van der Waals surface area contributed by atoms with Crippen molar-refractivity contribution < 1.29 is 4.74 Å². The van der Waals surface area contributed by atoms with Gasteiger partial charge in [0.2, 0.25) is 0 Å². The van der Waals surface area contributed by atoms with E-state index in [2.05, 4.69) is 63.6 Å². The number of H-pyrrole nitrogens is 1. The van der Waals surface area contributed by atoms with Crippen molar-refractivity contribution in [2.75, 3.05) is 20.2 Å². The normalized spacial score (nSPS) is 18.1. The van der Waals surface area contributed by atoms with E-state index < -0.39 is 0 Å². The van der Waals surface area contributed by atoms with Crippen LogP contribution in [0.4, 0.5) is 0 Å². The topological polar surface area (TPSA) is 41.1 Å². The van der Waals surface area contributed by atoms with Crippen LogP contribution in [0.2, 0.25) is 0 Å². The van der Waals surface area contributed by atoms with Gasteiger partial charge in [-0.3, -0.25) is 10.00 Å². The molecule has 1 fully saturated rings. The van der Waals surface area contributed by atoms with Gasteiger partial charge in [-0.1, -0.05) is 54.6 Å². The van der Waals surface area contributed by atoms with E-state index in [9.17, 15) is 0 Å². The Balaban J connectivity index is 1.51. The van der Waals surface area contributed by atoms with Gasteiger partial charge in [0, 0.05) is 25.8 Å². The van der Waals surface area contributed by atoms with Gasteiger partial charge in [-0.25, -0.2) is 0 Å². The Labute approximate surface area is 154 Å². The first-order valence-electron chi connectivity index (χ1n) is 9.27. The maximum atomic E-state index is 5.55.